The molecule has 2 N–H and O–H groups in total. The lowest BCUT2D eigenvalue weighted by Gasteiger charge is -2.11. The van der Waals surface area contributed by atoms with Gasteiger partial charge in [0.15, 0.2) is 5.11 Å². The molecule has 0 saturated heterocycles. The van der Waals surface area contributed by atoms with Crippen LogP contribution >= 0.6 is 28.1 Å². The Bertz CT molecular complexity index is 587. The molecule has 0 atom stereocenters. The monoisotopic (exact) mass is 356 g/mol. The first kappa shape index (κ1) is 14.9. The second kappa shape index (κ2) is 7.35. The minimum absolute atomic E-state index is 0.321. The number of nitrogens with zero attached hydrogens (tertiary/aromatic N) is 2. The average molecular weight is 357 g/mol. The van der Waals surface area contributed by atoms with Crippen molar-refractivity contribution in [3.63, 3.8) is 0 Å². The Morgan fingerprint density at radius 1 is 1.40 bits per heavy atom. The lowest BCUT2D eigenvalue weighted by molar-refractivity contribution is 0.573. The second-order valence-electron chi connectivity index (χ2n) is 4.14. The number of aromatic nitrogens is 2. The highest BCUT2D eigenvalue weighted by Gasteiger charge is 2.02. The fourth-order valence-corrected chi connectivity index (χ4v) is 2.17. The standard InChI is InChI=1S/C13H14BrFN4S/c14-10-8-17-19(9-10)7-3-6-16-13(20)18-12-5-2-1-4-11(12)15/h1-2,4-5,8-9H,3,6-7H2,(H2,16,18,20). The molecule has 7 heteroatoms. The molecule has 2 aromatic rings. The van der Waals surface area contributed by atoms with Gasteiger partial charge < -0.3 is 10.6 Å². The van der Waals surface area contributed by atoms with Gasteiger partial charge in [-0.3, -0.25) is 4.68 Å². The zero-order chi connectivity index (χ0) is 14.4. The largest absolute Gasteiger partial charge is 0.362 e. The number of aryl methyl sites for hydroxylation is 1. The molecule has 0 fully saturated rings. The summed E-state index contributed by atoms with van der Waals surface area (Å²) >= 11 is 8.45. The molecule has 0 aliphatic heterocycles. The van der Waals surface area contributed by atoms with Gasteiger partial charge in [-0.05, 0) is 46.7 Å². The first-order valence-electron chi connectivity index (χ1n) is 6.12. The SMILES string of the molecule is Fc1ccccc1NC(=S)NCCCn1cc(Br)cn1. The van der Waals surface area contributed by atoms with Crippen LogP contribution in [0.25, 0.3) is 0 Å². The molecule has 0 bridgehead atoms. The van der Waals surface area contributed by atoms with Crippen molar-refractivity contribution < 1.29 is 4.39 Å². The van der Waals surface area contributed by atoms with Gasteiger partial charge in [0.1, 0.15) is 5.82 Å². The number of anilines is 1. The van der Waals surface area contributed by atoms with E-state index in [1.54, 1.807) is 24.4 Å². The number of halogens is 2. The summed E-state index contributed by atoms with van der Waals surface area (Å²) in [5, 5.41) is 10.4. The fourth-order valence-electron chi connectivity index (χ4n) is 1.63. The Kier molecular flexibility index (Phi) is 5.49. The predicted molar refractivity (Wildman–Crippen MR) is 85.2 cm³/mol. The van der Waals surface area contributed by atoms with Gasteiger partial charge in [0, 0.05) is 19.3 Å². The van der Waals surface area contributed by atoms with E-state index < -0.39 is 0 Å². The number of rotatable bonds is 5. The molecular formula is C13H14BrFN4S. The first-order chi connectivity index (χ1) is 9.65. The van der Waals surface area contributed by atoms with E-state index in [1.165, 1.54) is 6.07 Å². The maximum Gasteiger partial charge on any atom is 0.170 e. The Morgan fingerprint density at radius 3 is 2.90 bits per heavy atom. The first-order valence-corrected chi connectivity index (χ1v) is 7.32. The third-order valence-corrected chi connectivity index (χ3v) is 3.23. The van der Waals surface area contributed by atoms with Crippen molar-refractivity contribution >= 4 is 38.9 Å². The summed E-state index contributed by atoms with van der Waals surface area (Å²) in [7, 11) is 0. The zero-order valence-corrected chi connectivity index (χ0v) is 13.0. The number of hydrogen-bond donors (Lipinski definition) is 2. The Hall–Kier alpha value is -1.47. The zero-order valence-electron chi connectivity index (χ0n) is 10.6. The van der Waals surface area contributed by atoms with Crippen LogP contribution in [0.5, 0.6) is 0 Å². The highest BCUT2D eigenvalue weighted by molar-refractivity contribution is 9.10. The Morgan fingerprint density at radius 2 is 2.20 bits per heavy atom. The number of hydrogen-bond acceptors (Lipinski definition) is 2. The van der Waals surface area contributed by atoms with E-state index >= 15 is 0 Å². The van der Waals surface area contributed by atoms with E-state index in [-0.39, 0.29) is 5.82 Å². The van der Waals surface area contributed by atoms with Crippen molar-refractivity contribution in [2.75, 3.05) is 11.9 Å². The minimum Gasteiger partial charge on any atom is -0.362 e. The van der Waals surface area contributed by atoms with Crippen molar-refractivity contribution in [3.8, 4) is 0 Å². The molecule has 2 rings (SSSR count). The lowest BCUT2D eigenvalue weighted by Crippen LogP contribution is -2.30. The van der Waals surface area contributed by atoms with Gasteiger partial charge in [-0.2, -0.15) is 5.10 Å². The number of benzene rings is 1. The molecule has 0 aliphatic rings. The number of para-hydroxylation sites is 1. The third-order valence-electron chi connectivity index (χ3n) is 2.57. The topological polar surface area (TPSA) is 41.9 Å². The Labute approximate surface area is 130 Å². The molecule has 0 radical (unpaired) electrons. The molecule has 0 saturated carbocycles. The van der Waals surface area contributed by atoms with E-state index in [1.807, 2.05) is 10.9 Å². The lowest BCUT2D eigenvalue weighted by atomic mass is 10.3. The van der Waals surface area contributed by atoms with Gasteiger partial charge >= 0.3 is 0 Å². The van der Waals surface area contributed by atoms with Gasteiger partial charge in [0.25, 0.3) is 0 Å². The summed E-state index contributed by atoms with van der Waals surface area (Å²) in [4.78, 5) is 0. The highest BCUT2D eigenvalue weighted by atomic mass is 79.9. The summed E-state index contributed by atoms with van der Waals surface area (Å²) in [5.41, 5.74) is 0.376. The highest BCUT2D eigenvalue weighted by Crippen LogP contribution is 2.11. The van der Waals surface area contributed by atoms with Crippen molar-refractivity contribution in [3.05, 3.63) is 46.9 Å². The van der Waals surface area contributed by atoms with Crippen LogP contribution < -0.4 is 10.6 Å². The molecule has 0 spiro atoms. The van der Waals surface area contributed by atoms with Gasteiger partial charge in [-0.15, -0.1) is 0 Å². The van der Waals surface area contributed by atoms with Gasteiger partial charge in [-0.1, -0.05) is 12.1 Å². The molecule has 1 heterocycles. The quantitative estimate of drug-likeness (QED) is 0.637. The van der Waals surface area contributed by atoms with Gasteiger partial charge in [0.2, 0.25) is 0 Å². The van der Waals surface area contributed by atoms with Gasteiger partial charge in [0.05, 0.1) is 16.4 Å². The van der Waals surface area contributed by atoms with Crippen LogP contribution in [0.4, 0.5) is 10.1 Å². The van der Waals surface area contributed by atoms with Crippen LogP contribution in [0.3, 0.4) is 0 Å². The van der Waals surface area contributed by atoms with Crippen LogP contribution in [-0.4, -0.2) is 21.4 Å². The van der Waals surface area contributed by atoms with Crippen molar-refractivity contribution in [1.29, 1.82) is 0 Å². The Balaban J connectivity index is 1.69. The van der Waals surface area contributed by atoms with E-state index in [2.05, 4.69) is 31.7 Å². The van der Waals surface area contributed by atoms with E-state index in [0.29, 0.717) is 17.3 Å². The molecule has 0 amide bonds. The van der Waals surface area contributed by atoms with Crippen molar-refractivity contribution in [2.45, 2.75) is 13.0 Å². The molecule has 106 valence electrons. The van der Waals surface area contributed by atoms with Crippen LogP contribution in [0.1, 0.15) is 6.42 Å². The number of thiocarbonyl (C=S) groups is 1. The molecule has 0 unspecified atom stereocenters. The third kappa shape index (κ3) is 4.57. The summed E-state index contributed by atoms with van der Waals surface area (Å²) in [5.74, 6) is -0.321. The van der Waals surface area contributed by atoms with Crippen LogP contribution in [0, 0.1) is 5.82 Å². The van der Waals surface area contributed by atoms with E-state index in [4.69, 9.17) is 12.2 Å². The van der Waals surface area contributed by atoms with Crippen LogP contribution in [-0.2, 0) is 6.54 Å². The van der Waals surface area contributed by atoms with E-state index in [9.17, 15) is 4.39 Å². The maximum absolute atomic E-state index is 13.4. The summed E-state index contributed by atoms with van der Waals surface area (Å²) in [6.45, 7) is 1.48. The van der Waals surface area contributed by atoms with Gasteiger partial charge in [-0.25, -0.2) is 4.39 Å². The summed E-state index contributed by atoms with van der Waals surface area (Å²) in [6.07, 6.45) is 4.53. The maximum atomic E-state index is 13.4. The fraction of sp³-hybridized carbons (Fsp3) is 0.231. The van der Waals surface area contributed by atoms with Crippen LogP contribution in [0.2, 0.25) is 0 Å². The normalized spacial score (nSPS) is 10.3. The summed E-state index contributed by atoms with van der Waals surface area (Å²) < 4.78 is 16.2. The molecular weight excluding hydrogens is 343 g/mol. The van der Waals surface area contributed by atoms with E-state index in [0.717, 1.165) is 17.4 Å². The van der Waals surface area contributed by atoms with Crippen molar-refractivity contribution in [1.82, 2.24) is 15.1 Å². The second-order valence-corrected chi connectivity index (χ2v) is 5.46. The smallest absolute Gasteiger partial charge is 0.170 e. The molecule has 0 aliphatic carbocycles. The average Bonchev–Trinajstić information content (AvgIpc) is 2.83. The number of nitrogens with one attached hydrogen (secondary N) is 2. The van der Waals surface area contributed by atoms with Crippen LogP contribution in [0.15, 0.2) is 41.1 Å². The summed E-state index contributed by atoms with van der Waals surface area (Å²) in [6, 6.07) is 6.42. The molecule has 1 aromatic heterocycles. The molecule has 1 aromatic carbocycles. The molecule has 20 heavy (non-hydrogen) atoms. The van der Waals surface area contributed by atoms with Crippen molar-refractivity contribution in [2.24, 2.45) is 0 Å². The molecule has 4 nitrogen and oxygen atoms in total. The predicted octanol–water partition coefficient (Wildman–Crippen LogP) is 3.16. The minimum atomic E-state index is -0.321.